The molecule has 2 nitrogen and oxygen atoms in total. The number of sulfone groups is 1. The van der Waals surface area contributed by atoms with Gasteiger partial charge in [0, 0.05) is 5.41 Å². The molecule has 0 aromatic heterocycles. The van der Waals surface area contributed by atoms with Gasteiger partial charge in [0.05, 0.1) is 4.90 Å². The molecule has 140 valence electrons. The molecule has 2 aliphatic carbocycles. The van der Waals surface area contributed by atoms with E-state index in [1.165, 1.54) is 23.3 Å². The molecule has 1 fully saturated rings. The zero-order chi connectivity index (χ0) is 19.4. The van der Waals surface area contributed by atoms with Crippen molar-refractivity contribution < 1.29 is 17.2 Å². The average molecular weight is 386 g/mol. The molecule has 0 radical (unpaired) electrons. The Morgan fingerprint density at radius 3 is 1.93 bits per heavy atom. The van der Waals surface area contributed by atoms with Crippen molar-refractivity contribution in [2.75, 3.05) is 0 Å². The van der Waals surface area contributed by atoms with Gasteiger partial charge in [0.2, 0.25) is 9.84 Å². The van der Waals surface area contributed by atoms with Crippen molar-refractivity contribution in [3.63, 3.8) is 0 Å². The lowest BCUT2D eigenvalue weighted by Gasteiger charge is -2.12. The first-order valence-electron chi connectivity index (χ1n) is 8.88. The molecular weight excluding hydrogens is 366 g/mol. The van der Waals surface area contributed by atoms with E-state index in [4.69, 9.17) is 0 Å². The molecule has 2 aromatic carbocycles. The van der Waals surface area contributed by atoms with E-state index < -0.39 is 15.6 Å². The van der Waals surface area contributed by atoms with Crippen molar-refractivity contribution >= 4 is 21.0 Å². The summed E-state index contributed by atoms with van der Waals surface area (Å²) in [5.41, 5.74) is 6.66. The van der Waals surface area contributed by atoms with Gasteiger partial charge in [0.25, 0.3) is 0 Å². The van der Waals surface area contributed by atoms with Crippen molar-refractivity contribution in [2.24, 2.45) is 5.41 Å². The van der Waals surface area contributed by atoms with Gasteiger partial charge in [-0.1, -0.05) is 42.5 Å². The molecule has 2 aliphatic rings. The smallest absolute Gasteiger partial charge is 0.218 e. The molecule has 4 rings (SSSR count). The number of benzene rings is 2. The van der Waals surface area contributed by atoms with Crippen molar-refractivity contribution in [1.29, 1.82) is 0 Å². The first kappa shape index (κ1) is 18.1. The van der Waals surface area contributed by atoms with Crippen LogP contribution in [0.15, 0.2) is 59.5 Å². The van der Waals surface area contributed by atoms with Crippen LogP contribution in [0.5, 0.6) is 0 Å². The molecule has 0 amide bonds. The van der Waals surface area contributed by atoms with Crippen LogP contribution in [0.2, 0.25) is 0 Å². The Morgan fingerprint density at radius 2 is 1.41 bits per heavy atom. The Hall–Kier alpha value is -2.27. The molecule has 0 unspecified atom stereocenters. The molecule has 0 saturated heterocycles. The SMILES string of the molecule is Cc1ccc(C2=CC3(C=C2c2ccc(S(=O)(=O)C(F)F)cc2)CC3)cc1C. The van der Waals surface area contributed by atoms with Crippen LogP contribution in [0, 0.1) is 19.3 Å². The maximum atomic E-state index is 12.8. The number of aryl methyl sites for hydroxylation is 2. The lowest BCUT2D eigenvalue weighted by Crippen LogP contribution is -2.11. The van der Waals surface area contributed by atoms with Crippen LogP contribution in [-0.4, -0.2) is 14.2 Å². The number of allylic oxidation sites excluding steroid dienone is 4. The number of hydrogen-bond donors (Lipinski definition) is 0. The second kappa shape index (κ2) is 6.13. The molecule has 0 atom stereocenters. The van der Waals surface area contributed by atoms with E-state index in [-0.39, 0.29) is 10.3 Å². The second-order valence-electron chi connectivity index (χ2n) is 7.48. The Balaban J connectivity index is 1.74. The Bertz CT molecular complexity index is 1070. The van der Waals surface area contributed by atoms with E-state index in [0.717, 1.165) is 35.1 Å². The van der Waals surface area contributed by atoms with Gasteiger partial charge in [0.15, 0.2) is 0 Å². The van der Waals surface area contributed by atoms with Crippen LogP contribution in [0.1, 0.15) is 35.1 Å². The van der Waals surface area contributed by atoms with Gasteiger partial charge in [-0.25, -0.2) is 8.42 Å². The highest BCUT2D eigenvalue weighted by Crippen LogP contribution is 2.57. The molecule has 1 saturated carbocycles. The monoisotopic (exact) mass is 386 g/mol. The van der Waals surface area contributed by atoms with Crippen molar-refractivity contribution in [3.8, 4) is 0 Å². The highest BCUT2D eigenvalue weighted by molar-refractivity contribution is 7.91. The second-order valence-corrected chi connectivity index (χ2v) is 9.40. The average Bonchev–Trinajstić information content (AvgIpc) is 3.28. The highest BCUT2D eigenvalue weighted by atomic mass is 32.2. The quantitative estimate of drug-likeness (QED) is 0.689. The van der Waals surface area contributed by atoms with Crippen LogP contribution >= 0.6 is 0 Å². The fourth-order valence-corrected chi connectivity index (χ4v) is 4.24. The third kappa shape index (κ3) is 3.14. The number of halogens is 2. The summed E-state index contributed by atoms with van der Waals surface area (Å²) in [6.45, 7) is 4.15. The summed E-state index contributed by atoms with van der Waals surface area (Å²) >= 11 is 0. The molecule has 1 spiro atoms. The summed E-state index contributed by atoms with van der Waals surface area (Å²) in [4.78, 5) is -0.349. The zero-order valence-corrected chi connectivity index (χ0v) is 16.0. The lowest BCUT2D eigenvalue weighted by atomic mass is 9.93. The molecule has 0 aliphatic heterocycles. The molecule has 27 heavy (non-hydrogen) atoms. The van der Waals surface area contributed by atoms with Gasteiger partial charge < -0.3 is 0 Å². The van der Waals surface area contributed by atoms with Gasteiger partial charge in [0.1, 0.15) is 0 Å². The van der Waals surface area contributed by atoms with Gasteiger partial charge in [-0.3, -0.25) is 0 Å². The summed E-state index contributed by atoms with van der Waals surface area (Å²) in [6, 6.07) is 12.1. The minimum atomic E-state index is -4.57. The van der Waals surface area contributed by atoms with Crippen molar-refractivity contribution in [2.45, 2.75) is 37.3 Å². The van der Waals surface area contributed by atoms with E-state index in [1.54, 1.807) is 12.1 Å². The molecule has 0 heterocycles. The van der Waals surface area contributed by atoms with Crippen LogP contribution in [0.3, 0.4) is 0 Å². The molecule has 0 N–H and O–H groups in total. The standard InChI is InChI=1S/C22H20F2O2S/c1-14-3-4-17(11-15(14)2)20-13-22(9-10-22)12-19(20)16-5-7-18(8-6-16)27(25,26)21(23)24/h3-8,11-13,21H,9-10H2,1-2H3. The van der Waals surface area contributed by atoms with Gasteiger partial charge in [-0.15, -0.1) is 0 Å². The minimum Gasteiger partial charge on any atom is -0.218 e. The van der Waals surface area contributed by atoms with E-state index >= 15 is 0 Å². The topological polar surface area (TPSA) is 34.1 Å². The maximum absolute atomic E-state index is 12.8. The normalized spacial score (nSPS) is 18.0. The molecule has 0 bridgehead atoms. The lowest BCUT2D eigenvalue weighted by molar-refractivity contribution is 0.234. The maximum Gasteiger partial charge on any atom is 0.341 e. The van der Waals surface area contributed by atoms with Crippen molar-refractivity contribution in [1.82, 2.24) is 0 Å². The fraction of sp³-hybridized carbons (Fsp3) is 0.273. The largest absolute Gasteiger partial charge is 0.341 e. The molecule has 2 aromatic rings. The number of rotatable bonds is 4. The van der Waals surface area contributed by atoms with Crippen LogP contribution < -0.4 is 0 Å². The molecule has 5 heteroatoms. The van der Waals surface area contributed by atoms with Crippen molar-refractivity contribution in [3.05, 3.63) is 76.9 Å². The Labute approximate surface area is 158 Å². The van der Waals surface area contributed by atoms with Crippen LogP contribution in [-0.2, 0) is 9.84 Å². The predicted molar refractivity (Wildman–Crippen MR) is 103 cm³/mol. The first-order chi connectivity index (χ1) is 12.7. The van der Waals surface area contributed by atoms with E-state index in [0.29, 0.717) is 0 Å². The van der Waals surface area contributed by atoms with Gasteiger partial charge in [-0.05, 0) is 72.2 Å². The summed E-state index contributed by atoms with van der Waals surface area (Å²) in [5.74, 6) is -3.41. The Morgan fingerprint density at radius 1 is 0.852 bits per heavy atom. The predicted octanol–water partition coefficient (Wildman–Crippen LogP) is 5.56. The molecular formula is C22H20F2O2S. The zero-order valence-electron chi connectivity index (χ0n) is 15.2. The van der Waals surface area contributed by atoms with Crippen LogP contribution in [0.4, 0.5) is 8.78 Å². The first-order valence-corrected chi connectivity index (χ1v) is 10.4. The van der Waals surface area contributed by atoms with E-state index in [2.05, 4.69) is 44.2 Å². The summed E-state index contributed by atoms with van der Waals surface area (Å²) < 4.78 is 48.8. The number of hydrogen-bond acceptors (Lipinski definition) is 2. The van der Waals surface area contributed by atoms with E-state index in [1.807, 2.05) is 0 Å². The summed E-state index contributed by atoms with van der Waals surface area (Å²) in [6.07, 6.45) is 6.72. The summed E-state index contributed by atoms with van der Waals surface area (Å²) in [7, 11) is -4.57. The third-order valence-electron chi connectivity index (χ3n) is 5.53. The third-order valence-corrected chi connectivity index (χ3v) is 6.93. The highest BCUT2D eigenvalue weighted by Gasteiger charge is 2.43. The summed E-state index contributed by atoms with van der Waals surface area (Å²) in [5, 5.41) is 0. The van der Waals surface area contributed by atoms with Gasteiger partial charge >= 0.3 is 5.76 Å². The number of alkyl halides is 2. The minimum absolute atomic E-state index is 0.0944. The fourth-order valence-electron chi connectivity index (χ4n) is 3.52. The van der Waals surface area contributed by atoms with E-state index in [9.17, 15) is 17.2 Å². The Kier molecular flexibility index (Phi) is 4.11. The van der Waals surface area contributed by atoms with Gasteiger partial charge in [-0.2, -0.15) is 8.78 Å². The van der Waals surface area contributed by atoms with Crippen LogP contribution in [0.25, 0.3) is 11.1 Å².